The fourth-order valence-electron chi connectivity index (χ4n) is 3.32. The van der Waals surface area contributed by atoms with Gasteiger partial charge >= 0.3 is 6.09 Å². The van der Waals surface area contributed by atoms with E-state index in [-0.39, 0.29) is 12.1 Å². The molecule has 28 heavy (non-hydrogen) atoms. The van der Waals surface area contributed by atoms with E-state index in [1.54, 1.807) is 0 Å². The molecule has 0 bridgehead atoms. The van der Waals surface area contributed by atoms with Crippen molar-refractivity contribution in [1.29, 1.82) is 0 Å². The molecule has 1 saturated heterocycles. The fraction of sp³-hybridized carbons (Fsp3) is 0.571. The summed E-state index contributed by atoms with van der Waals surface area (Å²) in [5.74, 6) is 1.09. The number of fused-ring (bicyclic) bond motifs is 1. The van der Waals surface area contributed by atoms with Crippen LogP contribution in [0.25, 0.3) is 11.0 Å². The Hall–Kier alpha value is -2.57. The van der Waals surface area contributed by atoms with Gasteiger partial charge in [-0.3, -0.25) is 0 Å². The second-order valence-corrected chi connectivity index (χ2v) is 8.00. The zero-order chi connectivity index (χ0) is 20.1. The van der Waals surface area contributed by atoms with Gasteiger partial charge in [-0.1, -0.05) is 12.1 Å². The molecule has 2 heterocycles. The Balaban J connectivity index is 1.75. The predicted molar refractivity (Wildman–Crippen MR) is 110 cm³/mol. The topological polar surface area (TPSA) is 76.6 Å². The van der Waals surface area contributed by atoms with Crippen molar-refractivity contribution in [3.8, 4) is 5.88 Å². The third kappa shape index (κ3) is 5.03. The lowest BCUT2D eigenvalue weighted by Crippen LogP contribution is -2.49. The molecule has 3 rings (SSSR count). The third-order valence-corrected chi connectivity index (χ3v) is 4.58. The predicted octanol–water partition coefficient (Wildman–Crippen LogP) is 4.23. The maximum absolute atomic E-state index is 12.6. The van der Waals surface area contributed by atoms with E-state index in [2.05, 4.69) is 15.3 Å². The number of para-hydroxylation sites is 2. The number of carbonyl (C=O) groups excluding carboxylic acids is 1. The van der Waals surface area contributed by atoms with Crippen molar-refractivity contribution in [3.63, 3.8) is 0 Å². The average Bonchev–Trinajstić information content (AvgIpc) is 2.65. The van der Waals surface area contributed by atoms with Crippen molar-refractivity contribution in [2.45, 2.75) is 58.6 Å². The number of nitrogens with zero attached hydrogens (tertiary/aromatic N) is 3. The molecule has 2 aromatic rings. The zero-order valence-electron chi connectivity index (χ0n) is 17.2. The van der Waals surface area contributed by atoms with Gasteiger partial charge < -0.3 is 19.7 Å². The molecular weight excluding hydrogens is 356 g/mol. The average molecular weight is 386 g/mol. The highest BCUT2D eigenvalue weighted by atomic mass is 16.6. The highest BCUT2D eigenvalue weighted by Gasteiger charge is 2.30. The molecular formula is C21H30N4O3. The zero-order valence-corrected chi connectivity index (χ0v) is 17.2. The Kier molecular flexibility index (Phi) is 6.21. The van der Waals surface area contributed by atoms with Gasteiger partial charge in [-0.15, -0.1) is 0 Å². The number of likely N-dealkylation sites (tertiary alicyclic amines) is 1. The van der Waals surface area contributed by atoms with E-state index < -0.39 is 5.60 Å². The number of hydrogen-bond donors (Lipinski definition) is 1. The molecule has 7 nitrogen and oxygen atoms in total. The molecule has 1 aliphatic heterocycles. The van der Waals surface area contributed by atoms with Crippen molar-refractivity contribution >= 4 is 22.9 Å². The molecule has 1 amide bonds. The summed E-state index contributed by atoms with van der Waals surface area (Å²) < 4.78 is 11.3. The minimum Gasteiger partial charge on any atom is -0.475 e. The number of carbonyl (C=O) groups is 1. The normalized spacial score (nSPS) is 17.4. The summed E-state index contributed by atoms with van der Waals surface area (Å²) in [6, 6.07) is 7.76. The highest BCUT2D eigenvalue weighted by molar-refractivity contribution is 5.77. The second kappa shape index (κ2) is 8.63. The van der Waals surface area contributed by atoms with Gasteiger partial charge in [-0.25, -0.2) is 14.8 Å². The van der Waals surface area contributed by atoms with Gasteiger partial charge in [0.1, 0.15) is 5.60 Å². The van der Waals surface area contributed by atoms with Crippen molar-refractivity contribution in [2.75, 3.05) is 25.0 Å². The molecule has 1 aromatic carbocycles. The number of anilines is 1. The minimum atomic E-state index is -0.502. The highest BCUT2D eigenvalue weighted by Crippen LogP contribution is 2.25. The molecule has 1 atom stereocenters. The molecule has 0 radical (unpaired) electrons. The SMILES string of the molecule is CCOc1nc2ccccc2nc1NCC1CCCCN1C(=O)OC(C)(C)C. The lowest BCUT2D eigenvalue weighted by molar-refractivity contribution is 0.0114. The summed E-state index contributed by atoms with van der Waals surface area (Å²) in [4.78, 5) is 23.7. The second-order valence-electron chi connectivity index (χ2n) is 8.00. The largest absolute Gasteiger partial charge is 0.475 e. The van der Waals surface area contributed by atoms with Crippen molar-refractivity contribution in [3.05, 3.63) is 24.3 Å². The maximum Gasteiger partial charge on any atom is 0.410 e. The van der Waals surface area contributed by atoms with Crippen LogP contribution in [0.2, 0.25) is 0 Å². The first-order valence-corrected chi connectivity index (χ1v) is 10.0. The van der Waals surface area contributed by atoms with Crippen molar-refractivity contribution in [1.82, 2.24) is 14.9 Å². The van der Waals surface area contributed by atoms with Crippen LogP contribution in [0.4, 0.5) is 10.6 Å². The van der Waals surface area contributed by atoms with Crippen LogP contribution in [0.5, 0.6) is 5.88 Å². The minimum absolute atomic E-state index is 0.0475. The first kappa shape index (κ1) is 20.2. The molecule has 152 valence electrons. The Morgan fingerprint density at radius 2 is 1.93 bits per heavy atom. The lowest BCUT2D eigenvalue weighted by atomic mass is 10.0. The number of amides is 1. The Bertz CT molecular complexity index is 819. The lowest BCUT2D eigenvalue weighted by Gasteiger charge is -2.36. The number of benzene rings is 1. The molecule has 1 fully saturated rings. The Morgan fingerprint density at radius 3 is 2.61 bits per heavy atom. The van der Waals surface area contributed by atoms with E-state index in [4.69, 9.17) is 9.47 Å². The van der Waals surface area contributed by atoms with Gasteiger partial charge in [0.15, 0.2) is 5.82 Å². The summed E-state index contributed by atoms with van der Waals surface area (Å²) in [5.41, 5.74) is 1.10. The van der Waals surface area contributed by atoms with Crippen LogP contribution in [0.3, 0.4) is 0 Å². The number of nitrogens with one attached hydrogen (secondary N) is 1. The fourth-order valence-corrected chi connectivity index (χ4v) is 3.32. The van der Waals surface area contributed by atoms with E-state index in [1.165, 1.54) is 0 Å². The maximum atomic E-state index is 12.6. The van der Waals surface area contributed by atoms with Crippen LogP contribution in [-0.2, 0) is 4.74 Å². The number of piperidine rings is 1. The summed E-state index contributed by atoms with van der Waals surface area (Å²) in [6.45, 7) is 9.39. The Labute approximate surface area is 166 Å². The van der Waals surface area contributed by atoms with Gasteiger partial charge in [0.25, 0.3) is 5.88 Å². The molecule has 1 aromatic heterocycles. The molecule has 1 aliphatic rings. The van der Waals surface area contributed by atoms with Crippen LogP contribution in [0.1, 0.15) is 47.0 Å². The molecule has 1 unspecified atom stereocenters. The summed E-state index contributed by atoms with van der Waals surface area (Å²) in [6.07, 6.45) is 2.76. The smallest absolute Gasteiger partial charge is 0.410 e. The first-order valence-electron chi connectivity index (χ1n) is 10.0. The summed E-state index contributed by atoms with van der Waals surface area (Å²) in [7, 11) is 0. The Morgan fingerprint density at radius 1 is 1.21 bits per heavy atom. The van der Waals surface area contributed by atoms with Crippen LogP contribution in [0, 0.1) is 0 Å². The standard InChI is InChI=1S/C21H30N4O3/c1-5-27-19-18(23-16-11-6-7-12-17(16)24-19)22-14-15-10-8-9-13-25(15)20(26)28-21(2,3)4/h6-7,11-12,15H,5,8-10,13-14H2,1-4H3,(H,22,23). The van der Waals surface area contributed by atoms with E-state index in [0.29, 0.717) is 31.4 Å². The van der Waals surface area contributed by atoms with Crippen LogP contribution in [0.15, 0.2) is 24.3 Å². The first-order chi connectivity index (χ1) is 13.4. The molecule has 7 heteroatoms. The van der Waals surface area contributed by atoms with E-state index in [9.17, 15) is 4.79 Å². The van der Waals surface area contributed by atoms with Crippen molar-refractivity contribution in [2.24, 2.45) is 0 Å². The van der Waals surface area contributed by atoms with E-state index >= 15 is 0 Å². The van der Waals surface area contributed by atoms with Gasteiger partial charge in [0.2, 0.25) is 0 Å². The van der Waals surface area contributed by atoms with Crippen molar-refractivity contribution < 1.29 is 14.3 Å². The number of hydrogen-bond acceptors (Lipinski definition) is 6. The van der Waals surface area contributed by atoms with Gasteiger partial charge in [-0.05, 0) is 59.1 Å². The van der Waals surface area contributed by atoms with E-state index in [1.807, 2.05) is 56.9 Å². The number of ether oxygens (including phenoxy) is 2. The van der Waals surface area contributed by atoms with Gasteiger partial charge in [-0.2, -0.15) is 0 Å². The quantitative estimate of drug-likeness (QED) is 0.829. The molecule has 0 aliphatic carbocycles. The summed E-state index contributed by atoms with van der Waals surface area (Å²) in [5, 5.41) is 3.36. The molecule has 0 saturated carbocycles. The van der Waals surface area contributed by atoms with Gasteiger partial charge in [0, 0.05) is 13.1 Å². The van der Waals surface area contributed by atoms with Crippen LogP contribution < -0.4 is 10.1 Å². The van der Waals surface area contributed by atoms with E-state index in [0.717, 1.165) is 30.3 Å². The molecule has 1 N–H and O–H groups in total. The summed E-state index contributed by atoms with van der Waals surface area (Å²) >= 11 is 0. The number of rotatable bonds is 5. The third-order valence-electron chi connectivity index (χ3n) is 4.58. The number of aromatic nitrogens is 2. The monoisotopic (exact) mass is 386 g/mol. The van der Waals surface area contributed by atoms with Crippen LogP contribution >= 0.6 is 0 Å². The van der Waals surface area contributed by atoms with Crippen LogP contribution in [-0.4, -0.2) is 52.3 Å². The molecule has 0 spiro atoms. The van der Waals surface area contributed by atoms with Gasteiger partial charge in [0.05, 0.1) is 23.7 Å².